The first-order valence-electron chi connectivity index (χ1n) is 9.44. The van der Waals surface area contributed by atoms with Crippen molar-refractivity contribution in [1.29, 1.82) is 0 Å². The lowest BCUT2D eigenvalue weighted by atomic mass is 10.0. The summed E-state index contributed by atoms with van der Waals surface area (Å²) in [5.41, 5.74) is 3.16. The molecule has 0 radical (unpaired) electrons. The summed E-state index contributed by atoms with van der Waals surface area (Å²) in [5.74, 6) is 0.158. The van der Waals surface area contributed by atoms with Gasteiger partial charge < -0.3 is 9.80 Å². The van der Waals surface area contributed by atoms with Gasteiger partial charge in [0, 0.05) is 17.9 Å². The van der Waals surface area contributed by atoms with Gasteiger partial charge in [-0.15, -0.1) is 0 Å². The van der Waals surface area contributed by atoms with Gasteiger partial charge in [0.2, 0.25) is 5.91 Å². The predicted molar refractivity (Wildman–Crippen MR) is 108 cm³/mol. The van der Waals surface area contributed by atoms with Crippen molar-refractivity contribution in [3.8, 4) is 0 Å². The molecule has 2 aliphatic heterocycles. The van der Waals surface area contributed by atoms with Gasteiger partial charge in [0.05, 0.1) is 24.1 Å². The Kier molecular flexibility index (Phi) is 4.91. The number of rotatable bonds is 4. The van der Waals surface area contributed by atoms with Crippen molar-refractivity contribution in [3.05, 3.63) is 60.2 Å². The smallest absolute Gasteiger partial charge is 0.246 e. The van der Waals surface area contributed by atoms with Gasteiger partial charge in [0.25, 0.3) is 0 Å². The van der Waals surface area contributed by atoms with Gasteiger partial charge in [-0.05, 0) is 43.0 Å². The van der Waals surface area contributed by atoms with Crippen molar-refractivity contribution in [2.45, 2.75) is 25.3 Å². The van der Waals surface area contributed by atoms with Crippen molar-refractivity contribution in [3.63, 3.8) is 0 Å². The van der Waals surface area contributed by atoms with E-state index in [1.54, 1.807) is 4.90 Å². The summed E-state index contributed by atoms with van der Waals surface area (Å²) in [6, 6.07) is 17.4. The quantitative estimate of drug-likeness (QED) is 0.813. The minimum Gasteiger partial charge on any atom is -0.362 e. The van der Waals surface area contributed by atoms with E-state index in [1.807, 2.05) is 42.5 Å². The Bertz CT molecular complexity index is 927. The Hall–Kier alpha value is -2.34. The van der Waals surface area contributed by atoms with Crippen LogP contribution in [0.2, 0.25) is 0 Å². The number of nitrogens with zero attached hydrogens (tertiary/aromatic N) is 2. The summed E-state index contributed by atoms with van der Waals surface area (Å²) in [5, 5.41) is 0. The lowest BCUT2D eigenvalue weighted by Crippen LogP contribution is -2.47. The van der Waals surface area contributed by atoms with Crippen molar-refractivity contribution < 1.29 is 13.2 Å². The first-order chi connectivity index (χ1) is 13.0. The Morgan fingerprint density at radius 2 is 1.81 bits per heavy atom. The predicted octanol–water partition coefficient (Wildman–Crippen LogP) is 2.66. The van der Waals surface area contributed by atoms with E-state index in [0.717, 1.165) is 30.8 Å². The molecule has 4 rings (SSSR count). The maximum Gasteiger partial charge on any atom is 0.246 e. The van der Waals surface area contributed by atoms with Gasteiger partial charge in [0.15, 0.2) is 9.84 Å². The van der Waals surface area contributed by atoms with Gasteiger partial charge in [0.1, 0.15) is 0 Å². The molecule has 1 saturated heterocycles. The topological polar surface area (TPSA) is 57.7 Å². The first kappa shape index (κ1) is 18.0. The molecule has 2 aromatic rings. The van der Waals surface area contributed by atoms with E-state index in [9.17, 15) is 13.2 Å². The number of hydrogen-bond donors (Lipinski definition) is 0. The Labute approximate surface area is 160 Å². The zero-order chi connectivity index (χ0) is 18.9. The molecule has 0 N–H and O–H groups in total. The average Bonchev–Trinajstić information content (AvgIpc) is 3.02. The number of amides is 1. The van der Waals surface area contributed by atoms with E-state index in [4.69, 9.17) is 0 Å². The van der Waals surface area contributed by atoms with Gasteiger partial charge in [-0.25, -0.2) is 8.42 Å². The molecule has 5 nitrogen and oxygen atoms in total. The van der Waals surface area contributed by atoms with E-state index in [2.05, 4.69) is 17.0 Å². The zero-order valence-corrected chi connectivity index (χ0v) is 16.1. The third-order valence-electron chi connectivity index (χ3n) is 5.41. The lowest BCUT2D eigenvalue weighted by Gasteiger charge is -2.34. The van der Waals surface area contributed by atoms with Crippen LogP contribution >= 0.6 is 0 Å². The van der Waals surface area contributed by atoms with Gasteiger partial charge >= 0.3 is 0 Å². The highest BCUT2D eigenvalue weighted by atomic mass is 32.2. The highest BCUT2D eigenvalue weighted by molar-refractivity contribution is 7.91. The van der Waals surface area contributed by atoms with Crippen LogP contribution in [0.25, 0.3) is 0 Å². The number of para-hydroxylation sites is 2. The second-order valence-electron chi connectivity index (χ2n) is 7.31. The van der Waals surface area contributed by atoms with Crippen molar-refractivity contribution >= 4 is 27.1 Å². The first-order valence-corrected chi connectivity index (χ1v) is 11.3. The van der Waals surface area contributed by atoms with Crippen LogP contribution in [-0.4, -0.2) is 45.0 Å². The molecule has 2 aliphatic rings. The molecule has 2 heterocycles. The normalized spacial score (nSPS) is 20.9. The fourth-order valence-electron chi connectivity index (χ4n) is 4.14. The van der Waals surface area contributed by atoms with Gasteiger partial charge in [-0.2, -0.15) is 0 Å². The molecule has 6 heteroatoms. The van der Waals surface area contributed by atoms with E-state index in [-0.39, 0.29) is 30.0 Å². The van der Waals surface area contributed by atoms with Crippen LogP contribution in [-0.2, 0) is 21.1 Å². The summed E-state index contributed by atoms with van der Waals surface area (Å²) in [6.07, 6.45) is 2.55. The number of sulfone groups is 1. The maximum atomic E-state index is 13.3. The molecule has 0 bridgehead atoms. The number of carbonyl (C=O) groups excluding carboxylic acids is 1. The molecule has 1 atom stereocenters. The van der Waals surface area contributed by atoms with Crippen molar-refractivity contribution in [2.75, 3.05) is 34.4 Å². The lowest BCUT2D eigenvalue weighted by molar-refractivity contribution is -0.117. The largest absolute Gasteiger partial charge is 0.362 e. The monoisotopic (exact) mass is 384 g/mol. The van der Waals surface area contributed by atoms with Crippen LogP contribution < -0.4 is 9.80 Å². The minimum atomic E-state index is -3.07. The SMILES string of the molecule is O=C(CN1CCCc2ccccc21)N(c1ccccc1)C1CCS(=O)(=O)C1. The molecule has 27 heavy (non-hydrogen) atoms. The standard InChI is InChI=1S/C21H24N2O3S/c24-21(15-22-13-6-8-17-7-4-5-11-20(17)22)23(18-9-2-1-3-10-18)19-12-14-27(25,26)16-19/h1-5,7,9-11,19H,6,8,12-16H2. The maximum absolute atomic E-state index is 13.3. The van der Waals surface area contributed by atoms with Crippen LogP contribution in [0, 0.1) is 0 Å². The number of anilines is 2. The molecule has 1 unspecified atom stereocenters. The highest BCUT2D eigenvalue weighted by Crippen LogP contribution is 2.28. The van der Waals surface area contributed by atoms with Crippen LogP contribution in [0.4, 0.5) is 11.4 Å². The van der Waals surface area contributed by atoms with Crippen LogP contribution in [0.15, 0.2) is 54.6 Å². The third kappa shape index (κ3) is 3.86. The summed E-state index contributed by atoms with van der Waals surface area (Å²) >= 11 is 0. The fourth-order valence-corrected chi connectivity index (χ4v) is 5.84. The summed E-state index contributed by atoms with van der Waals surface area (Å²) in [4.78, 5) is 17.1. The molecule has 142 valence electrons. The van der Waals surface area contributed by atoms with E-state index >= 15 is 0 Å². The number of aryl methyl sites for hydroxylation is 1. The van der Waals surface area contributed by atoms with Crippen molar-refractivity contribution in [1.82, 2.24) is 0 Å². The zero-order valence-electron chi connectivity index (χ0n) is 15.3. The molecule has 0 saturated carbocycles. The molecule has 0 aliphatic carbocycles. The second kappa shape index (κ2) is 7.35. The Morgan fingerprint density at radius 3 is 2.56 bits per heavy atom. The van der Waals surface area contributed by atoms with Crippen LogP contribution in [0.1, 0.15) is 18.4 Å². The Balaban J connectivity index is 1.60. The van der Waals surface area contributed by atoms with E-state index in [0.29, 0.717) is 6.42 Å². The molecule has 0 spiro atoms. The summed E-state index contributed by atoms with van der Waals surface area (Å²) in [7, 11) is -3.07. The molecule has 2 aromatic carbocycles. The number of benzene rings is 2. The second-order valence-corrected chi connectivity index (χ2v) is 9.54. The highest BCUT2D eigenvalue weighted by Gasteiger charge is 2.36. The minimum absolute atomic E-state index is 0.0417. The fraction of sp³-hybridized carbons (Fsp3) is 0.381. The van der Waals surface area contributed by atoms with Crippen LogP contribution in [0.3, 0.4) is 0 Å². The van der Waals surface area contributed by atoms with Crippen molar-refractivity contribution in [2.24, 2.45) is 0 Å². The van der Waals surface area contributed by atoms with Gasteiger partial charge in [-0.1, -0.05) is 36.4 Å². The Morgan fingerprint density at radius 1 is 1.07 bits per heavy atom. The molecular weight excluding hydrogens is 360 g/mol. The third-order valence-corrected chi connectivity index (χ3v) is 7.16. The van der Waals surface area contributed by atoms with E-state index < -0.39 is 9.84 Å². The molecule has 0 aromatic heterocycles. The number of fused-ring (bicyclic) bond motifs is 1. The molecule has 1 fully saturated rings. The number of hydrogen-bond acceptors (Lipinski definition) is 4. The molecule has 1 amide bonds. The number of carbonyl (C=O) groups is 1. The van der Waals surface area contributed by atoms with Crippen LogP contribution in [0.5, 0.6) is 0 Å². The van der Waals surface area contributed by atoms with Gasteiger partial charge in [-0.3, -0.25) is 4.79 Å². The summed E-state index contributed by atoms with van der Waals surface area (Å²) < 4.78 is 24.0. The average molecular weight is 385 g/mol. The summed E-state index contributed by atoms with van der Waals surface area (Å²) in [6.45, 7) is 1.11. The van der Waals surface area contributed by atoms with E-state index in [1.165, 1.54) is 5.56 Å². The molecular formula is C21H24N2O3S.